The Bertz CT molecular complexity index is 914. The van der Waals surface area contributed by atoms with Gasteiger partial charge < -0.3 is 15.0 Å². The van der Waals surface area contributed by atoms with Crippen molar-refractivity contribution < 1.29 is 19.1 Å². The molecule has 154 valence electrons. The van der Waals surface area contributed by atoms with Gasteiger partial charge in [0.25, 0.3) is 0 Å². The number of fused-ring (bicyclic) bond motifs is 1. The molecule has 2 N–H and O–H groups in total. The first-order chi connectivity index (χ1) is 13.6. The van der Waals surface area contributed by atoms with Crippen LogP contribution in [-0.2, 0) is 20.9 Å². The van der Waals surface area contributed by atoms with E-state index in [0.717, 1.165) is 16.8 Å². The van der Waals surface area contributed by atoms with Crippen molar-refractivity contribution in [1.82, 2.24) is 15.5 Å². The van der Waals surface area contributed by atoms with E-state index in [2.05, 4.69) is 22.2 Å². The molecule has 3 amide bonds. The number of carbonyl (C=O) groups excluding carboxylic acids is 3. The highest BCUT2D eigenvalue weighted by molar-refractivity contribution is 6.05. The monoisotopic (exact) mass is 398 g/mol. The van der Waals surface area contributed by atoms with Crippen molar-refractivity contribution in [3.63, 3.8) is 0 Å². The molecular formula is C21H26N4O4. The van der Waals surface area contributed by atoms with Crippen LogP contribution >= 0.6 is 0 Å². The summed E-state index contributed by atoms with van der Waals surface area (Å²) in [4.78, 5) is 42.3. The van der Waals surface area contributed by atoms with Crippen LogP contribution in [0.4, 0.5) is 10.5 Å². The molecular weight excluding hydrogens is 372 g/mol. The summed E-state index contributed by atoms with van der Waals surface area (Å²) >= 11 is 0. The number of carbonyl (C=O) groups is 3. The molecule has 8 heteroatoms. The lowest BCUT2D eigenvalue weighted by molar-refractivity contribution is -0.135. The summed E-state index contributed by atoms with van der Waals surface area (Å²) in [5, 5.41) is 5.13. The molecule has 3 rings (SSSR count). The number of benzene rings is 1. The first kappa shape index (κ1) is 20.6. The van der Waals surface area contributed by atoms with Gasteiger partial charge in [0.15, 0.2) is 0 Å². The Labute approximate surface area is 170 Å². The Morgan fingerprint density at radius 2 is 2.10 bits per heavy atom. The fourth-order valence-corrected chi connectivity index (χ4v) is 3.53. The second kappa shape index (κ2) is 7.69. The molecule has 0 aliphatic carbocycles. The molecule has 1 fully saturated rings. The number of aliphatic imine (C=N–C) groups is 1. The van der Waals surface area contributed by atoms with Gasteiger partial charge in [-0.3, -0.25) is 14.9 Å². The van der Waals surface area contributed by atoms with Crippen molar-refractivity contribution >= 4 is 35.1 Å². The predicted molar refractivity (Wildman–Crippen MR) is 109 cm³/mol. The largest absolute Gasteiger partial charge is 0.444 e. The Morgan fingerprint density at radius 1 is 1.38 bits per heavy atom. The van der Waals surface area contributed by atoms with Gasteiger partial charge in [0, 0.05) is 24.2 Å². The second-order valence-corrected chi connectivity index (χ2v) is 8.11. The third kappa shape index (κ3) is 4.47. The Kier molecular flexibility index (Phi) is 5.46. The molecule has 1 atom stereocenters. The smallest absolute Gasteiger partial charge is 0.407 e. The number of amidine groups is 1. The zero-order chi connectivity index (χ0) is 21.3. The molecule has 0 spiro atoms. The van der Waals surface area contributed by atoms with Gasteiger partial charge in [-0.05, 0) is 45.7 Å². The van der Waals surface area contributed by atoms with Crippen LogP contribution in [0.15, 0.2) is 29.8 Å². The van der Waals surface area contributed by atoms with Crippen LogP contribution in [0.5, 0.6) is 0 Å². The molecule has 0 aromatic heterocycles. The highest BCUT2D eigenvalue weighted by atomic mass is 16.6. The van der Waals surface area contributed by atoms with Gasteiger partial charge in [0.1, 0.15) is 17.5 Å². The molecule has 8 nitrogen and oxygen atoms in total. The van der Waals surface area contributed by atoms with Gasteiger partial charge in [-0.15, -0.1) is 0 Å². The van der Waals surface area contributed by atoms with Gasteiger partial charge >= 0.3 is 6.09 Å². The second-order valence-electron chi connectivity index (χ2n) is 8.11. The normalized spacial score (nSPS) is 19.3. The van der Waals surface area contributed by atoms with Gasteiger partial charge in [0.05, 0.1) is 5.69 Å². The fourth-order valence-electron chi connectivity index (χ4n) is 3.53. The molecule has 1 aromatic rings. The number of ether oxygens (including phenoxy) is 1. The quantitative estimate of drug-likeness (QED) is 0.763. The van der Waals surface area contributed by atoms with Crippen molar-refractivity contribution in [1.29, 1.82) is 0 Å². The molecule has 0 saturated carbocycles. The van der Waals surface area contributed by atoms with Crippen molar-refractivity contribution in [3.05, 3.63) is 35.9 Å². The number of amides is 3. The summed E-state index contributed by atoms with van der Waals surface area (Å²) in [5.41, 5.74) is 2.32. The first-order valence-corrected chi connectivity index (χ1v) is 9.53. The van der Waals surface area contributed by atoms with Crippen molar-refractivity contribution in [2.24, 2.45) is 4.99 Å². The molecule has 2 heterocycles. The summed E-state index contributed by atoms with van der Waals surface area (Å²) in [6, 6.07) is 5.04. The lowest BCUT2D eigenvalue weighted by atomic mass is 9.96. The highest BCUT2D eigenvalue weighted by Gasteiger charge is 2.36. The molecule has 1 aromatic carbocycles. The van der Waals surface area contributed by atoms with Crippen molar-refractivity contribution in [2.45, 2.75) is 58.7 Å². The Balaban J connectivity index is 1.85. The SMILES string of the molecule is C=C1c2c(CNC(=O)OC(C)(C)C)cccc2N=C(C)N1C1CCC(=O)NC1=O. The average Bonchev–Trinajstić information content (AvgIpc) is 2.60. The number of hydrogen-bond donors (Lipinski definition) is 2. The summed E-state index contributed by atoms with van der Waals surface area (Å²) in [6.45, 7) is 11.6. The van der Waals surface area contributed by atoms with E-state index < -0.39 is 17.7 Å². The minimum Gasteiger partial charge on any atom is -0.444 e. The number of imide groups is 1. The van der Waals surface area contributed by atoms with E-state index in [-0.39, 0.29) is 24.8 Å². The maximum atomic E-state index is 12.4. The van der Waals surface area contributed by atoms with E-state index in [1.165, 1.54) is 0 Å². The zero-order valence-corrected chi connectivity index (χ0v) is 17.2. The van der Waals surface area contributed by atoms with Gasteiger partial charge in [0.2, 0.25) is 11.8 Å². The minimum atomic E-state index is -0.590. The molecule has 2 aliphatic rings. The van der Waals surface area contributed by atoms with E-state index in [9.17, 15) is 14.4 Å². The summed E-state index contributed by atoms with van der Waals surface area (Å²) < 4.78 is 5.29. The number of alkyl carbamates (subject to hydrolysis) is 1. The number of piperidine rings is 1. The fraction of sp³-hybridized carbons (Fsp3) is 0.429. The van der Waals surface area contributed by atoms with Crippen LogP contribution in [0.25, 0.3) is 5.70 Å². The van der Waals surface area contributed by atoms with Gasteiger partial charge in [-0.2, -0.15) is 0 Å². The standard InChI is InChI=1S/C21H26N4O4/c1-12-18-14(11-22-20(28)29-21(3,4)5)7-6-8-15(18)23-13(2)25(12)16-9-10-17(26)24-19(16)27/h6-8,16H,1,9-11H2,2-5H3,(H,22,28)(H,24,26,27). The lowest BCUT2D eigenvalue weighted by Gasteiger charge is -2.38. The molecule has 2 aliphatic heterocycles. The zero-order valence-electron chi connectivity index (χ0n) is 17.2. The number of nitrogens with one attached hydrogen (secondary N) is 2. The van der Waals surface area contributed by atoms with E-state index >= 15 is 0 Å². The summed E-state index contributed by atoms with van der Waals surface area (Å²) in [7, 11) is 0. The van der Waals surface area contributed by atoms with Crippen LogP contribution in [-0.4, -0.2) is 40.3 Å². The topological polar surface area (TPSA) is 100 Å². The third-order valence-corrected chi connectivity index (χ3v) is 4.68. The molecule has 1 unspecified atom stereocenters. The van der Waals surface area contributed by atoms with Gasteiger partial charge in [-0.1, -0.05) is 18.7 Å². The Morgan fingerprint density at radius 3 is 2.76 bits per heavy atom. The first-order valence-electron chi connectivity index (χ1n) is 9.53. The van der Waals surface area contributed by atoms with E-state index in [0.29, 0.717) is 18.0 Å². The molecule has 0 radical (unpaired) electrons. The maximum Gasteiger partial charge on any atom is 0.407 e. The highest BCUT2D eigenvalue weighted by Crippen LogP contribution is 2.37. The van der Waals surface area contributed by atoms with Crippen LogP contribution in [0.3, 0.4) is 0 Å². The maximum absolute atomic E-state index is 12.4. The summed E-state index contributed by atoms with van der Waals surface area (Å²) in [6.07, 6.45) is 0.144. The van der Waals surface area contributed by atoms with Gasteiger partial charge in [-0.25, -0.2) is 9.79 Å². The lowest BCUT2D eigenvalue weighted by Crippen LogP contribution is -2.53. The summed E-state index contributed by atoms with van der Waals surface area (Å²) in [5.74, 6) is 0.00475. The van der Waals surface area contributed by atoms with Crippen molar-refractivity contribution in [2.75, 3.05) is 0 Å². The van der Waals surface area contributed by atoms with Crippen LogP contribution < -0.4 is 10.6 Å². The van der Waals surface area contributed by atoms with E-state index in [4.69, 9.17) is 4.74 Å². The predicted octanol–water partition coefficient (Wildman–Crippen LogP) is 2.85. The Hall–Kier alpha value is -3.16. The minimum absolute atomic E-state index is 0.231. The van der Waals surface area contributed by atoms with Crippen LogP contribution in [0.2, 0.25) is 0 Å². The van der Waals surface area contributed by atoms with Crippen LogP contribution in [0.1, 0.15) is 51.7 Å². The van der Waals surface area contributed by atoms with Crippen LogP contribution in [0, 0.1) is 0 Å². The average molecular weight is 398 g/mol. The molecule has 0 bridgehead atoms. The van der Waals surface area contributed by atoms with Crippen molar-refractivity contribution in [3.8, 4) is 0 Å². The number of nitrogens with zero attached hydrogens (tertiary/aromatic N) is 2. The van der Waals surface area contributed by atoms with E-state index in [1.807, 2.05) is 25.1 Å². The number of rotatable bonds is 3. The number of hydrogen-bond acceptors (Lipinski definition) is 6. The third-order valence-electron chi connectivity index (χ3n) is 4.68. The molecule has 1 saturated heterocycles. The van der Waals surface area contributed by atoms with E-state index in [1.54, 1.807) is 25.7 Å². The molecule has 29 heavy (non-hydrogen) atoms.